The number of hydrogen-bond acceptors (Lipinski definition) is 3. The highest BCUT2D eigenvalue weighted by Gasteiger charge is 2.28. The van der Waals surface area contributed by atoms with Gasteiger partial charge in [-0.1, -0.05) is 19.9 Å². The summed E-state index contributed by atoms with van der Waals surface area (Å²) in [6, 6.07) is 5.63. The molecule has 0 aromatic carbocycles. The van der Waals surface area contributed by atoms with E-state index < -0.39 is 0 Å². The number of hydrogen-bond donors (Lipinski definition) is 2. The van der Waals surface area contributed by atoms with Crippen LogP contribution in [0, 0.1) is 0 Å². The fourth-order valence-electron chi connectivity index (χ4n) is 2.52. The maximum Gasteiger partial charge on any atom is 0.243 e. The second-order valence-electron chi connectivity index (χ2n) is 5.14. The summed E-state index contributed by atoms with van der Waals surface area (Å²) >= 11 is 0. The first-order valence-corrected chi connectivity index (χ1v) is 6.66. The molecule has 2 N–H and O–H groups in total. The van der Waals surface area contributed by atoms with Crippen molar-refractivity contribution in [1.82, 2.24) is 20.0 Å². The van der Waals surface area contributed by atoms with Gasteiger partial charge in [0.2, 0.25) is 5.91 Å². The van der Waals surface area contributed by atoms with Gasteiger partial charge in [-0.2, -0.15) is 0 Å². The van der Waals surface area contributed by atoms with E-state index in [1.54, 1.807) is 0 Å². The zero-order valence-electron chi connectivity index (χ0n) is 11.2. The van der Waals surface area contributed by atoms with E-state index in [2.05, 4.69) is 28.9 Å². The van der Waals surface area contributed by atoms with E-state index in [-0.39, 0.29) is 11.9 Å². The van der Waals surface area contributed by atoms with E-state index in [1.807, 2.05) is 24.4 Å². The predicted molar refractivity (Wildman–Crippen MR) is 73.0 cm³/mol. The Morgan fingerprint density at radius 3 is 2.95 bits per heavy atom. The van der Waals surface area contributed by atoms with E-state index in [9.17, 15) is 4.79 Å². The zero-order valence-corrected chi connectivity index (χ0v) is 11.2. The number of carbonyl (C=O) groups is 1. The summed E-state index contributed by atoms with van der Waals surface area (Å²) in [5.74, 6) is 1.31. The lowest BCUT2D eigenvalue weighted by Gasteiger charge is -2.22. The molecule has 19 heavy (non-hydrogen) atoms. The Balaban J connectivity index is 2.15. The number of rotatable bonds is 2. The van der Waals surface area contributed by atoms with Crippen LogP contribution in [-0.4, -0.2) is 28.4 Å². The van der Waals surface area contributed by atoms with Crippen molar-refractivity contribution in [3.8, 4) is 0 Å². The summed E-state index contributed by atoms with van der Waals surface area (Å²) in [6.45, 7) is 5.68. The molecule has 1 amide bonds. The number of pyridine rings is 1. The van der Waals surface area contributed by atoms with Crippen LogP contribution in [0.15, 0.2) is 24.4 Å². The highest BCUT2D eigenvalue weighted by atomic mass is 16.2. The third kappa shape index (κ3) is 2.00. The van der Waals surface area contributed by atoms with Gasteiger partial charge in [0.15, 0.2) is 0 Å². The zero-order chi connectivity index (χ0) is 13.4. The average molecular weight is 258 g/mol. The lowest BCUT2D eigenvalue weighted by molar-refractivity contribution is -0.124. The minimum Gasteiger partial charge on any atom is -0.353 e. The second kappa shape index (κ2) is 4.66. The largest absolute Gasteiger partial charge is 0.353 e. The van der Waals surface area contributed by atoms with E-state index >= 15 is 0 Å². The summed E-state index contributed by atoms with van der Waals surface area (Å²) in [7, 11) is 0. The lowest BCUT2D eigenvalue weighted by atomic mass is 10.1. The molecule has 2 aromatic heterocycles. The van der Waals surface area contributed by atoms with Gasteiger partial charge in [0.05, 0.1) is 11.2 Å². The summed E-state index contributed by atoms with van der Waals surface area (Å²) in [6.07, 6.45) is 2.00. The molecule has 0 radical (unpaired) electrons. The van der Waals surface area contributed by atoms with Crippen LogP contribution in [0.3, 0.4) is 0 Å². The number of nitrogens with one attached hydrogen (secondary N) is 2. The number of imidazole rings is 1. The predicted octanol–water partition coefficient (Wildman–Crippen LogP) is 1.22. The maximum atomic E-state index is 12.0. The van der Waals surface area contributed by atoms with Gasteiger partial charge in [-0.3, -0.25) is 10.1 Å². The molecule has 1 saturated heterocycles. The van der Waals surface area contributed by atoms with Gasteiger partial charge in [-0.15, -0.1) is 0 Å². The van der Waals surface area contributed by atoms with Crippen molar-refractivity contribution in [2.75, 3.05) is 13.1 Å². The Morgan fingerprint density at radius 2 is 2.21 bits per heavy atom. The molecule has 0 saturated carbocycles. The molecule has 3 heterocycles. The molecule has 0 spiro atoms. The number of piperazine rings is 1. The van der Waals surface area contributed by atoms with Crippen LogP contribution in [0.4, 0.5) is 0 Å². The van der Waals surface area contributed by atoms with Crippen LogP contribution >= 0.6 is 0 Å². The number of aromatic nitrogens is 2. The first kappa shape index (κ1) is 12.2. The van der Waals surface area contributed by atoms with Gasteiger partial charge >= 0.3 is 0 Å². The van der Waals surface area contributed by atoms with Crippen LogP contribution in [0.1, 0.15) is 37.3 Å². The number of carbonyl (C=O) groups excluding carboxylic acids is 1. The molecule has 1 aliphatic rings. The Hall–Kier alpha value is -1.88. The van der Waals surface area contributed by atoms with Crippen LogP contribution in [0.25, 0.3) is 5.52 Å². The molecule has 1 fully saturated rings. The highest BCUT2D eigenvalue weighted by molar-refractivity contribution is 5.85. The molecular formula is C14H18N4O. The lowest BCUT2D eigenvalue weighted by Crippen LogP contribution is -2.47. The van der Waals surface area contributed by atoms with Gasteiger partial charge in [-0.05, 0) is 12.1 Å². The van der Waals surface area contributed by atoms with Gasteiger partial charge in [0, 0.05) is 25.2 Å². The molecule has 1 aliphatic heterocycles. The minimum absolute atomic E-state index is 0.00501. The van der Waals surface area contributed by atoms with E-state index in [0.717, 1.165) is 23.6 Å². The van der Waals surface area contributed by atoms with Crippen molar-refractivity contribution >= 4 is 11.4 Å². The molecule has 5 nitrogen and oxygen atoms in total. The molecule has 2 aromatic rings. The van der Waals surface area contributed by atoms with Crippen LogP contribution in [0.2, 0.25) is 0 Å². The van der Waals surface area contributed by atoms with Gasteiger partial charge in [0.1, 0.15) is 11.9 Å². The van der Waals surface area contributed by atoms with Gasteiger partial charge < -0.3 is 9.72 Å². The van der Waals surface area contributed by atoms with E-state index in [1.165, 1.54) is 0 Å². The van der Waals surface area contributed by atoms with Crippen molar-refractivity contribution in [2.45, 2.75) is 25.8 Å². The van der Waals surface area contributed by atoms with Crippen LogP contribution < -0.4 is 10.6 Å². The number of fused-ring (bicyclic) bond motifs is 1. The standard InChI is InChI=1S/C14H18N4O/c1-9(2)13-17-11(10-5-3-4-8-18(10)13)12-14(19)16-7-6-15-12/h3-5,8-9,12,15H,6-7H2,1-2H3,(H,16,19). The second-order valence-corrected chi connectivity index (χ2v) is 5.14. The maximum absolute atomic E-state index is 12.0. The fourth-order valence-corrected chi connectivity index (χ4v) is 2.52. The van der Waals surface area contributed by atoms with Crippen molar-refractivity contribution in [3.63, 3.8) is 0 Å². The third-order valence-electron chi connectivity index (χ3n) is 3.43. The highest BCUT2D eigenvalue weighted by Crippen LogP contribution is 2.24. The summed E-state index contributed by atoms with van der Waals surface area (Å²) in [5.41, 5.74) is 1.82. The first-order valence-electron chi connectivity index (χ1n) is 6.66. The topological polar surface area (TPSA) is 58.4 Å². The van der Waals surface area contributed by atoms with E-state index in [0.29, 0.717) is 12.5 Å². The fraction of sp³-hybridized carbons (Fsp3) is 0.429. The van der Waals surface area contributed by atoms with Crippen molar-refractivity contribution in [3.05, 3.63) is 35.9 Å². The normalized spacial score (nSPS) is 19.9. The third-order valence-corrected chi connectivity index (χ3v) is 3.43. The van der Waals surface area contributed by atoms with Gasteiger partial charge in [-0.25, -0.2) is 4.98 Å². The molecule has 5 heteroatoms. The number of amides is 1. The Morgan fingerprint density at radius 1 is 1.37 bits per heavy atom. The number of nitrogens with zero attached hydrogens (tertiary/aromatic N) is 2. The molecule has 100 valence electrons. The monoisotopic (exact) mass is 258 g/mol. The Labute approximate surface area is 112 Å². The van der Waals surface area contributed by atoms with Crippen molar-refractivity contribution < 1.29 is 4.79 Å². The van der Waals surface area contributed by atoms with Crippen molar-refractivity contribution in [2.24, 2.45) is 0 Å². The minimum atomic E-state index is -0.348. The van der Waals surface area contributed by atoms with E-state index in [4.69, 9.17) is 4.98 Å². The molecule has 1 unspecified atom stereocenters. The van der Waals surface area contributed by atoms with Crippen LogP contribution in [-0.2, 0) is 4.79 Å². The molecular weight excluding hydrogens is 240 g/mol. The smallest absolute Gasteiger partial charge is 0.243 e. The Bertz CT molecular complexity index is 617. The average Bonchev–Trinajstić information content (AvgIpc) is 2.79. The summed E-state index contributed by atoms with van der Waals surface area (Å²) in [5, 5.41) is 6.12. The first-order chi connectivity index (χ1) is 9.18. The molecule has 0 bridgehead atoms. The molecule has 0 aliphatic carbocycles. The Kier molecular flexibility index (Phi) is 2.98. The SMILES string of the molecule is CC(C)c1nc(C2NCCNC2=O)c2ccccn12. The molecule has 3 rings (SSSR count). The van der Waals surface area contributed by atoms with Gasteiger partial charge in [0.25, 0.3) is 0 Å². The molecule has 1 atom stereocenters. The van der Waals surface area contributed by atoms with Crippen molar-refractivity contribution in [1.29, 1.82) is 0 Å². The van der Waals surface area contributed by atoms with Crippen LogP contribution in [0.5, 0.6) is 0 Å². The quantitative estimate of drug-likeness (QED) is 0.851. The summed E-state index contributed by atoms with van der Waals surface area (Å²) < 4.78 is 2.07. The summed E-state index contributed by atoms with van der Waals surface area (Å²) in [4.78, 5) is 16.7.